The van der Waals surface area contributed by atoms with Gasteiger partial charge in [0.2, 0.25) is 0 Å². The number of para-hydroxylation sites is 3. The number of carbonyl (C=O) groups is 1. The Kier molecular flexibility index (Phi) is 6.00. The lowest BCUT2D eigenvalue weighted by Crippen LogP contribution is -2.23. The van der Waals surface area contributed by atoms with Crippen molar-refractivity contribution >= 4 is 11.6 Å². The molecule has 36 heavy (non-hydrogen) atoms. The second kappa shape index (κ2) is 9.42. The fourth-order valence-electron chi connectivity index (χ4n) is 4.19. The first-order valence-electron chi connectivity index (χ1n) is 11.4. The molecule has 0 aliphatic carbocycles. The maximum absolute atomic E-state index is 13.7. The molecule has 180 valence electrons. The monoisotopic (exact) mass is 479 g/mol. The van der Waals surface area contributed by atoms with Crippen LogP contribution in [0.3, 0.4) is 0 Å². The van der Waals surface area contributed by atoms with Crippen LogP contribution >= 0.6 is 0 Å². The van der Waals surface area contributed by atoms with Gasteiger partial charge < -0.3 is 10.1 Å². The average molecular weight is 480 g/mol. The molecule has 0 spiro atoms. The summed E-state index contributed by atoms with van der Waals surface area (Å²) in [5.74, 6) is 0.149. The maximum Gasteiger partial charge on any atom is 0.295 e. The van der Waals surface area contributed by atoms with Gasteiger partial charge in [0.25, 0.3) is 11.5 Å². The normalized spacial score (nSPS) is 10.9. The number of benzene rings is 3. The molecule has 2 heterocycles. The molecule has 0 saturated carbocycles. The topological polar surface area (TPSA) is 83.1 Å². The van der Waals surface area contributed by atoms with Crippen molar-refractivity contribution in [2.45, 2.75) is 6.92 Å². The average Bonchev–Trinajstić information content (AvgIpc) is 3.45. The minimum absolute atomic E-state index is 0.213. The summed E-state index contributed by atoms with van der Waals surface area (Å²) < 4.78 is 10.4. The van der Waals surface area contributed by atoms with Gasteiger partial charge in [-0.25, -0.2) is 9.36 Å². The number of aromatic nitrogens is 4. The van der Waals surface area contributed by atoms with Crippen molar-refractivity contribution in [3.8, 4) is 28.4 Å². The van der Waals surface area contributed by atoms with Gasteiger partial charge in [0, 0.05) is 18.8 Å². The number of amides is 1. The fourth-order valence-corrected chi connectivity index (χ4v) is 4.19. The van der Waals surface area contributed by atoms with E-state index in [9.17, 15) is 9.59 Å². The summed E-state index contributed by atoms with van der Waals surface area (Å²) >= 11 is 0. The van der Waals surface area contributed by atoms with E-state index in [1.807, 2.05) is 84.9 Å². The molecule has 5 aromatic rings. The largest absolute Gasteiger partial charge is 0.496 e. The zero-order valence-electron chi connectivity index (χ0n) is 20.2. The fraction of sp³-hybridized carbons (Fsp3) is 0.107. The Balaban J connectivity index is 1.61. The van der Waals surface area contributed by atoms with E-state index >= 15 is 0 Å². The van der Waals surface area contributed by atoms with E-state index < -0.39 is 5.91 Å². The van der Waals surface area contributed by atoms with E-state index in [0.717, 1.165) is 5.69 Å². The van der Waals surface area contributed by atoms with E-state index in [1.165, 1.54) is 4.68 Å². The molecule has 8 heteroatoms. The first-order chi connectivity index (χ1) is 17.5. The van der Waals surface area contributed by atoms with Crippen molar-refractivity contribution in [3.63, 3.8) is 0 Å². The SMILES string of the molecule is COc1ccccc1-c1nn(-c2ccccc2)cc1C(=O)Nc1c(C)n(C)n(-c2ccccc2)c1=O. The highest BCUT2D eigenvalue weighted by Crippen LogP contribution is 2.32. The van der Waals surface area contributed by atoms with Crippen LogP contribution in [0.5, 0.6) is 5.75 Å². The molecular formula is C28H25N5O3. The standard InChI is InChI=1S/C28H25N5O3/c1-19-25(28(35)33(31(19)2)21-14-8-5-9-15-21)29-27(34)23-18-32(20-12-6-4-7-13-20)30-26(23)22-16-10-11-17-24(22)36-3/h4-18H,1-3H3,(H,29,34). The van der Waals surface area contributed by atoms with E-state index in [4.69, 9.17) is 9.84 Å². The number of methoxy groups -OCH3 is 1. The van der Waals surface area contributed by atoms with Crippen molar-refractivity contribution in [2.75, 3.05) is 12.4 Å². The number of ether oxygens (including phenoxy) is 1. The summed E-state index contributed by atoms with van der Waals surface area (Å²) in [6.07, 6.45) is 1.67. The molecule has 5 rings (SSSR count). The van der Waals surface area contributed by atoms with Gasteiger partial charge in [-0.2, -0.15) is 5.10 Å². The van der Waals surface area contributed by atoms with Crippen LogP contribution in [0.25, 0.3) is 22.6 Å². The molecule has 8 nitrogen and oxygen atoms in total. The van der Waals surface area contributed by atoms with Crippen LogP contribution in [0.2, 0.25) is 0 Å². The zero-order valence-corrected chi connectivity index (χ0v) is 20.2. The van der Waals surface area contributed by atoms with E-state index in [2.05, 4.69) is 5.32 Å². The van der Waals surface area contributed by atoms with Crippen molar-refractivity contribution in [2.24, 2.45) is 7.05 Å². The van der Waals surface area contributed by atoms with Gasteiger partial charge >= 0.3 is 0 Å². The molecule has 1 amide bonds. The van der Waals surface area contributed by atoms with Crippen molar-refractivity contribution in [1.82, 2.24) is 19.1 Å². The van der Waals surface area contributed by atoms with Gasteiger partial charge in [-0.1, -0.05) is 48.5 Å². The number of nitrogens with zero attached hydrogens (tertiary/aromatic N) is 4. The Morgan fingerprint density at radius 2 is 1.50 bits per heavy atom. The molecule has 0 saturated heterocycles. The van der Waals surface area contributed by atoms with Gasteiger partial charge in [-0.05, 0) is 43.3 Å². The predicted octanol–water partition coefficient (Wildman–Crippen LogP) is 4.60. The lowest BCUT2D eigenvalue weighted by molar-refractivity contribution is 0.102. The molecule has 0 atom stereocenters. The van der Waals surface area contributed by atoms with Gasteiger partial charge in [0.1, 0.15) is 17.1 Å². The molecule has 0 bridgehead atoms. The molecule has 0 radical (unpaired) electrons. The van der Waals surface area contributed by atoms with Crippen molar-refractivity contribution in [1.29, 1.82) is 0 Å². The van der Waals surface area contributed by atoms with Crippen molar-refractivity contribution in [3.05, 3.63) is 113 Å². The summed E-state index contributed by atoms with van der Waals surface area (Å²) in [5, 5.41) is 7.58. The van der Waals surface area contributed by atoms with Gasteiger partial charge in [-0.3, -0.25) is 14.3 Å². The van der Waals surface area contributed by atoms with Crippen LogP contribution in [-0.2, 0) is 7.05 Å². The number of rotatable bonds is 6. The van der Waals surface area contributed by atoms with E-state index in [0.29, 0.717) is 34.0 Å². The molecule has 3 aromatic carbocycles. The molecule has 0 aliphatic heterocycles. The van der Waals surface area contributed by atoms with Crippen LogP contribution in [0.15, 0.2) is 95.9 Å². The first-order valence-corrected chi connectivity index (χ1v) is 11.4. The van der Waals surface area contributed by atoms with Crippen molar-refractivity contribution < 1.29 is 9.53 Å². The predicted molar refractivity (Wildman–Crippen MR) is 139 cm³/mol. The molecular weight excluding hydrogens is 454 g/mol. The summed E-state index contributed by atoms with van der Waals surface area (Å²) in [7, 11) is 3.36. The third kappa shape index (κ3) is 3.98. The lowest BCUT2D eigenvalue weighted by Gasteiger charge is -2.08. The summed E-state index contributed by atoms with van der Waals surface area (Å²) in [6.45, 7) is 1.80. The summed E-state index contributed by atoms with van der Waals surface area (Å²) in [6, 6.07) is 26.2. The Morgan fingerprint density at radius 3 is 2.17 bits per heavy atom. The molecule has 0 aliphatic rings. The molecule has 0 fully saturated rings. The third-order valence-corrected chi connectivity index (χ3v) is 6.13. The number of hydrogen-bond donors (Lipinski definition) is 1. The molecule has 2 aromatic heterocycles. The zero-order chi connectivity index (χ0) is 25.2. The summed E-state index contributed by atoms with van der Waals surface area (Å²) in [4.78, 5) is 27.0. The minimum Gasteiger partial charge on any atom is -0.496 e. The van der Waals surface area contributed by atoms with Crippen LogP contribution < -0.4 is 15.6 Å². The highest BCUT2D eigenvalue weighted by atomic mass is 16.5. The second-order valence-corrected chi connectivity index (χ2v) is 8.26. The van der Waals surface area contributed by atoms with Gasteiger partial charge in [0.15, 0.2) is 0 Å². The smallest absolute Gasteiger partial charge is 0.295 e. The van der Waals surface area contributed by atoms with Gasteiger partial charge in [-0.15, -0.1) is 0 Å². The Labute approximate surface area is 208 Å². The number of anilines is 1. The quantitative estimate of drug-likeness (QED) is 0.386. The lowest BCUT2D eigenvalue weighted by atomic mass is 10.1. The number of nitrogens with one attached hydrogen (secondary N) is 1. The summed E-state index contributed by atoms with van der Waals surface area (Å²) in [5.41, 5.74) is 3.48. The third-order valence-electron chi connectivity index (χ3n) is 6.13. The molecule has 1 N–H and O–H groups in total. The second-order valence-electron chi connectivity index (χ2n) is 8.26. The van der Waals surface area contributed by atoms with E-state index in [1.54, 1.807) is 36.6 Å². The van der Waals surface area contributed by atoms with Crippen LogP contribution in [0.1, 0.15) is 16.1 Å². The Bertz CT molecular complexity index is 1600. The Morgan fingerprint density at radius 1 is 0.889 bits per heavy atom. The van der Waals surface area contributed by atoms with E-state index in [-0.39, 0.29) is 11.2 Å². The van der Waals surface area contributed by atoms with Crippen LogP contribution in [0, 0.1) is 6.92 Å². The van der Waals surface area contributed by atoms with Crippen LogP contribution in [0.4, 0.5) is 5.69 Å². The van der Waals surface area contributed by atoms with Crippen LogP contribution in [-0.4, -0.2) is 32.2 Å². The first kappa shape index (κ1) is 22.9. The minimum atomic E-state index is -0.441. The number of carbonyl (C=O) groups excluding carboxylic acids is 1. The highest BCUT2D eigenvalue weighted by molar-refractivity contribution is 6.08. The Hall–Kier alpha value is -4.85. The maximum atomic E-state index is 13.7. The molecule has 0 unspecified atom stereocenters. The highest BCUT2D eigenvalue weighted by Gasteiger charge is 2.24. The van der Waals surface area contributed by atoms with Gasteiger partial charge in [0.05, 0.1) is 29.7 Å². The number of hydrogen-bond acceptors (Lipinski definition) is 4.